The van der Waals surface area contributed by atoms with E-state index in [0.717, 1.165) is 37.7 Å². The molecule has 0 radical (unpaired) electrons. The van der Waals surface area contributed by atoms with Gasteiger partial charge in [-0.25, -0.2) is 0 Å². The van der Waals surface area contributed by atoms with Crippen molar-refractivity contribution in [3.8, 4) is 0 Å². The van der Waals surface area contributed by atoms with Crippen LogP contribution in [0.1, 0.15) is 58.3 Å². The van der Waals surface area contributed by atoms with Crippen molar-refractivity contribution >= 4 is 5.78 Å². The first-order chi connectivity index (χ1) is 7.31. The second-order valence-electron chi connectivity index (χ2n) is 4.76. The van der Waals surface area contributed by atoms with E-state index in [-0.39, 0.29) is 0 Å². The van der Waals surface area contributed by atoms with Crippen LogP contribution in [0.3, 0.4) is 0 Å². The third kappa shape index (κ3) is 2.42. The molecule has 0 bridgehead atoms. The van der Waals surface area contributed by atoms with E-state index in [4.69, 9.17) is 0 Å². The standard InChI is InChI=1S/C13H21NO/c1-2-3-5-10-8-9-11-12(14-10)6-4-7-13(11)15/h10,14H,2-9H2,1H3/t10-/m1/s1. The summed E-state index contributed by atoms with van der Waals surface area (Å²) in [6, 6.07) is 0.634. The summed E-state index contributed by atoms with van der Waals surface area (Å²) in [6.45, 7) is 2.23. The normalized spacial score (nSPS) is 26.2. The molecule has 0 unspecified atom stereocenters. The first kappa shape index (κ1) is 10.7. The van der Waals surface area contributed by atoms with Crippen molar-refractivity contribution in [3.63, 3.8) is 0 Å². The SMILES string of the molecule is CCCC[C@@H]1CCC2=C(CCCC2=O)N1. The van der Waals surface area contributed by atoms with E-state index in [9.17, 15) is 4.79 Å². The zero-order chi connectivity index (χ0) is 10.7. The van der Waals surface area contributed by atoms with Crippen molar-refractivity contribution in [2.24, 2.45) is 0 Å². The van der Waals surface area contributed by atoms with Gasteiger partial charge in [-0.15, -0.1) is 0 Å². The summed E-state index contributed by atoms with van der Waals surface area (Å²) in [4.78, 5) is 11.7. The van der Waals surface area contributed by atoms with Crippen molar-refractivity contribution in [2.75, 3.05) is 0 Å². The number of unbranched alkanes of at least 4 members (excludes halogenated alkanes) is 1. The first-order valence-corrected chi connectivity index (χ1v) is 6.33. The quantitative estimate of drug-likeness (QED) is 0.771. The lowest BCUT2D eigenvalue weighted by atomic mass is 9.86. The molecule has 0 aromatic rings. The van der Waals surface area contributed by atoms with Gasteiger partial charge < -0.3 is 5.32 Å². The van der Waals surface area contributed by atoms with Gasteiger partial charge in [0.05, 0.1) is 0 Å². The van der Waals surface area contributed by atoms with Gasteiger partial charge in [0.25, 0.3) is 0 Å². The number of hydrogen-bond acceptors (Lipinski definition) is 2. The van der Waals surface area contributed by atoms with Crippen molar-refractivity contribution < 1.29 is 4.79 Å². The minimum absolute atomic E-state index is 0.401. The van der Waals surface area contributed by atoms with Gasteiger partial charge >= 0.3 is 0 Å². The number of Topliss-reactive ketones (excluding diaryl/α,β-unsaturated/α-hetero) is 1. The lowest BCUT2D eigenvalue weighted by molar-refractivity contribution is -0.116. The molecule has 84 valence electrons. The lowest BCUT2D eigenvalue weighted by Gasteiger charge is -2.31. The fourth-order valence-corrected chi connectivity index (χ4v) is 2.65. The average molecular weight is 207 g/mol. The Hall–Kier alpha value is -0.790. The molecule has 1 heterocycles. The fourth-order valence-electron chi connectivity index (χ4n) is 2.65. The van der Waals surface area contributed by atoms with E-state index in [1.54, 1.807) is 0 Å². The highest BCUT2D eigenvalue weighted by Gasteiger charge is 2.26. The Bertz CT molecular complexity index is 280. The maximum Gasteiger partial charge on any atom is 0.160 e. The van der Waals surface area contributed by atoms with Gasteiger partial charge in [-0.2, -0.15) is 0 Å². The fraction of sp³-hybridized carbons (Fsp3) is 0.769. The summed E-state index contributed by atoms with van der Waals surface area (Å²) >= 11 is 0. The molecule has 0 amide bonds. The van der Waals surface area contributed by atoms with E-state index < -0.39 is 0 Å². The molecular formula is C13H21NO. The Morgan fingerprint density at radius 3 is 3.00 bits per heavy atom. The molecule has 0 aromatic heterocycles. The van der Waals surface area contributed by atoms with E-state index in [1.165, 1.54) is 25.0 Å². The number of allylic oxidation sites excluding steroid dienone is 2. The monoisotopic (exact) mass is 207 g/mol. The van der Waals surface area contributed by atoms with Crippen molar-refractivity contribution in [1.29, 1.82) is 0 Å². The number of carbonyl (C=O) groups is 1. The second-order valence-corrected chi connectivity index (χ2v) is 4.76. The van der Waals surface area contributed by atoms with Gasteiger partial charge in [0.1, 0.15) is 0 Å². The minimum Gasteiger partial charge on any atom is -0.385 e. The summed E-state index contributed by atoms with van der Waals surface area (Å²) in [7, 11) is 0. The van der Waals surface area contributed by atoms with Crippen LogP contribution >= 0.6 is 0 Å². The largest absolute Gasteiger partial charge is 0.385 e. The Labute approximate surface area is 92.1 Å². The molecule has 2 nitrogen and oxygen atoms in total. The van der Waals surface area contributed by atoms with Crippen LogP contribution in [0, 0.1) is 0 Å². The smallest absolute Gasteiger partial charge is 0.160 e. The molecule has 2 aliphatic rings. The molecule has 15 heavy (non-hydrogen) atoms. The first-order valence-electron chi connectivity index (χ1n) is 6.33. The number of rotatable bonds is 3. The Morgan fingerprint density at radius 1 is 1.33 bits per heavy atom. The third-order valence-corrected chi connectivity index (χ3v) is 3.56. The average Bonchev–Trinajstić information content (AvgIpc) is 2.26. The second kappa shape index (κ2) is 4.82. The van der Waals surface area contributed by atoms with Gasteiger partial charge in [-0.1, -0.05) is 19.8 Å². The van der Waals surface area contributed by atoms with Crippen LogP contribution in [0.2, 0.25) is 0 Å². The predicted octanol–water partition coefficient (Wildman–Crippen LogP) is 2.94. The number of hydrogen-bond donors (Lipinski definition) is 1. The van der Waals surface area contributed by atoms with E-state index in [0.29, 0.717) is 11.8 Å². The van der Waals surface area contributed by atoms with Gasteiger partial charge in [-0.3, -0.25) is 4.79 Å². The molecule has 2 heteroatoms. The van der Waals surface area contributed by atoms with Gasteiger partial charge in [-0.05, 0) is 32.1 Å². The maximum atomic E-state index is 11.7. The van der Waals surface area contributed by atoms with Crippen molar-refractivity contribution in [2.45, 2.75) is 64.3 Å². The molecule has 0 saturated carbocycles. The van der Waals surface area contributed by atoms with Crippen LogP contribution < -0.4 is 5.32 Å². The summed E-state index contributed by atoms with van der Waals surface area (Å²) in [5.74, 6) is 0.401. The number of ketones is 1. The molecule has 0 saturated heterocycles. The summed E-state index contributed by atoms with van der Waals surface area (Å²) in [5.41, 5.74) is 2.40. The lowest BCUT2D eigenvalue weighted by Crippen LogP contribution is -2.36. The molecule has 0 spiro atoms. The van der Waals surface area contributed by atoms with Crippen LogP contribution in [-0.2, 0) is 4.79 Å². The molecule has 2 rings (SSSR count). The van der Waals surface area contributed by atoms with E-state index >= 15 is 0 Å². The zero-order valence-corrected chi connectivity index (χ0v) is 9.64. The molecule has 0 fully saturated rings. The van der Waals surface area contributed by atoms with Gasteiger partial charge in [0.15, 0.2) is 5.78 Å². The highest BCUT2D eigenvalue weighted by molar-refractivity contribution is 5.96. The third-order valence-electron chi connectivity index (χ3n) is 3.56. The highest BCUT2D eigenvalue weighted by atomic mass is 16.1. The van der Waals surface area contributed by atoms with Crippen LogP contribution in [0.25, 0.3) is 0 Å². The molecule has 0 aromatic carbocycles. The molecule has 1 atom stereocenters. The van der Waals surface area contributed by atoms with Crippen LogP contribution in [0.4, 0.5) is 0 Å². The summed E-state index contributed by atoms with van der Waals surface area (Å²) < 4.78 is 0. The minimum atomic E-state index is 0.401. The van der Waals surface area contributed by atoms with E-state index in [1.807, 2.05) is 0 Å². The van der Waals surface area contributed by atoms with E-state index in [2.05, 4.69) is 12.2 Å². The maximum absolute atomic E-state index is 11.7. The van der Waals surface area contributed by atoms with Crippen molar-refractivity contribution in [1.82, 2.24) is 5.32 Å². The van der Waals surface area contributed by atoms with Crippen LogP contribution in [0.15, 0.2) is 11.3 Å². The van der Waals surface area contributed by atoms with Crippen LogP contribution in [-0.4, -0.2) is 11.8 Å². The highest BCUT2D eigenvalue weighted by Crippen LogP contribution is 2.29. The Morgan fingerprint density at radius 2 is 2.20 bits per heavy atom. The number of nitrogens with one attached hydrogen (secondary N) is 1. The number of carbonyl (C=O) groups excluding carboxylic acids is 1. The molecular weight excluding hydrogens is 186 g/mol. The Kier molecular flexibility index (Phi) is 3.45. The van der Waals surface area contributed by atoms with Gasteiger partial charge in [0, 0.05) is 23.7 Å². The topological polar surface area (TPSA) is 29.1 Å². The zero-order valence-electron chi connectivity index (χ0n) is 9.64. The van der Waals surface area contributed by atoms with Crippen LogP contribution in [0.5, 0.6) is 0 Å². The molecule has 1 aliphatic heterocycles. The van der Waals surface area contributed by atoms with Gasteiger partial charge in [0.2, 0.25) is 0 Å². The Balaban J connectivity index is 1.97. The van der Waals surface area contributed by atoms with Crippen molar-refractivity contribution in [3.05, 3.63) is 11.3 Å². The summed E-state index contributed by atoms with van der Waals surface area (Å²) in [6.07, 6.45) is 8.94. The predicted molar refractivity (Wildman–Crippen MR) is 61.6 cm³/mol. The molecule has 1 N–H and O–H groups in total. The molecule has 1 aliphatic carbocycles. The summed E-state index contributed by atoms with van der Waals surface area (Å²) in [5, 5.41) is 3.58.